The Morgan fingerprint density at radius 3 is 2.63 bits per heavy atom. The number of carboxylic acid groups (broad SMARTS) is 1. The molecule has 1 aliphatic carbocycles. The lowest BCUT2D eigenvalue weighted by molar-refractivity contribution is -0.142. The Hall–Kier alpha value is -2.48. The maximum atomic E-state index is 12.6. The largest absolute Gasteiger partial charge is 0.480 e. The van der Waals surface area contributed by atoms with Crippen molar-refractivity contribution in [3.05, 3.63) is 39.2 Å². The van der Waals surface area contributed by atoms with Crippen LogP contribution in [0.25, 0.3) is 11.0 Å². The highest BCUT2D eigenvalue weighted by Gasteiger charge is 2.26. The van der Waals surface area contributed by atoms with Crippen LogP contribution in [0.3, 0.4) is 0 Å². The molecule has 2 aromatic rings. The van der Waals surface area contributed by atoms with Crippen molar-refractivity contribution in [1.82, 2.24) is 5.32 Å². The van der Waals surface area contributed by atoms with E-state index in [1.807, 2.05) is 19.2 Å². The van der Waals surface area contributed by atoms with E-state index in [4.69, 9.17) is 9.15 Å². The molecule has 0 fully saturated rings. The summed E-state index contributed by atoms with van der Waals surface area (Å²) in [5.74, 6) is -0.461. The second-order valence-corrected chi connectivity index (χ2v) is 8.62. The normalized spacial score (nSPS) is 15.3. The van der Waals surface area contributed by atoms with Gasteiger partial charge in [-0.3, -0.25) is 4.79 Å². The van der Waals surface area contributed by atoms with Crippen molar-refractivity contribution in [2.75, 3.05) is 12.0 Å². The topological polar surface area (TPSA) is 106 Å². The van der Waals surface area contributed by atoms with Crippen molar-refractivity contribution in [1.29, 1.82) is 0 Å². The third-order valence-electron chi connectivity index (χ3n) is 5.33. The number of nitrogens with one attached hydrogen (secondary N) is 1. The van der Waals surface area contributed by atoms with E-state index in [-0.39, 0.29) is 5.63 Å². The third kappa shape index (κ3) is 4.80. The van der Waals surface area contributed by atoms with Crippen LogP contribution in [-0.4, -0.2) is 41.1 Å². The fourth-order valence-corrected chi connectivity index (χ4v) is 4.26. The molecule has 30 heavy (non-hydrogen) atoms. The fourth-order valence-electron chi connectivity index (χ4n) is 3.79. The van der Waals surface area contributed by atoms with Crippen molar-refractivity contribution in [2.24, 2.45) is 0 Å². The van der Waals surface area contributed by atoms with E-state index in [0.29, 0.717) is 35.5 Å². The van der Waals surface area contributed by atoms with Crippen molar-refractivity contribution >= 4 is 34.6 Å². The minimum Gasteiger partial charge on any atom is -0.480 e. The van der Waals surface area contributed by atoms with E-state index in [1.165, 1.54) is 11.8 Å². The highest BCUT2D eigenvalue weighted by molar-refractivity contribution is 7.98. The number of hydrogen-bond donors (Lipinski definition) is 2. The van der Waals surface area contributed by atoms with Gasteiger partial charge < -0.3 is 19.6 Å². The summed E-state index contributed by atoms with van der Waals surface area (Å²) < 4.78 is 11.5. The Kier molecular flexibility index (Phi) is 7.07. The van der Waals surface area contributed by atoms with E-state index < -0.39 is 24.0 Å². The number of hydrogen-bond acceptors (Lipinski definition) is 6. The molecule has 8 heteroatoms. The summed E-state index contributed by atoms with van der Waals surface area (Å²) in [6, 6.07) is 2.66. The first kappa shape index (κ1) is 22.2. The van der Waals surface area contributed by atoms with Gasteiger partial charge in [-0.25, -0.2) is 9.59 Å². The minimum absolute atomic E-state index is 0.308. The van der Waals surface area contributed by atoms with Gasteiger partial charge in [0.2, 0.25) is 0 Å². The quantitative estimate of drug-likeness (QED) is 0.616. The van der Waals surface area contributed by atoms with Crippen LogP contribution in [0, 0.1) is 6.92 Å². The number of rotatable bonds is 8. The van der Waals surface area contributed by atoms with Crippen molar-refractivity contribution in [3.8, 4) is 5.75 Å². The van der Waals surface area contributed by atoms with Gasteiger partial charge in [0.15, 0.2) is 6.10 Å². The van der Waals surface area contributed by atoms with Crippen LogP contribution in [0.4, 0.5) is 0 Å². The summed E-state index contributed by atoms with van der Waals surface area (Å²) >= 11 is 1.52. The molecule has 3 rings (SSSR count). The summed E-state index contributed by atoms with van der Waals surface area (Å²) in [6.45, 7) is 3.45. The van der Waals surface area contributed by atoms with E-state index in [1.54, 1.807) is 13.0 Å². The molecule has 0 saturated heterocycles. The Bertz CT molecular complexity index is 1010. The molecule has 1 aliphatic rings. The monoisotopic (exact) mass is 433 g/mol. The Labute approximate surface area is 179 Å². The first-order chi connectivity index (χ1) is 14.3. The highest BCUT2D eigenvalue weighted by Crippen LogP contribution is 2.35. The van der Waals surface area contributed by atoms with Gasteiger partial charge in [-0.15, -0.1) is 0 Å². The lowest BCUT2D eigenvalue weighted by Crippen LogP contribution is -2.46. The van der Waals surface area contributed by atoms with Crippen LogP contribution in [0.15, 0.2) is 21.3 Å². The first-order valence-corrected chi connectivity index (χ1v) is 11.5. The lowest BCUT2D eigenvalue weighted by atomic mass is 9.90. The zero-order valence-electron chi connectivity index (χ0n) is 17.4. The van der Waals surface area contributed by atoms with Gasteiger partial charge in [0.25, 0.3) is 5.91 Å². The van der Waals surface area contributed by atoms with Crippen LogP contribution in [0.5, 0.6) is 5.75 Å². The molecule has 2 unspecified atom stereocenters. The van der Waals surface area contributed by atoms with Gasteiger partial charge in [0.1, 0.15) is 17.4 Å². The molecule has 1 aromatic carbocycles. The van der Waals surface area contributed by atoms with E-state index in [9.17, 15) is 19.5 Å². The van der Waals surface area contributed by atoms with Crippen molar-refractivity contribution < 1.29 is 23.8 Å². The summed E-state index contributed by atoms with van der Waals surface area (Å²) in [7, 11) is 0. The molecule has 1 amide bonds. The predicted molar refractivity (Wildman–Crippen MR) is 117 cm³/mol. The number of aryl methyl sites for hydroxylation is 2. The molecule has 1 aromatic heterocycles. The minimum atomic E-state index is -1.07. The summed E-state index contributed by atoms with van der Waals surface area (Å²) in [5, 5.41) is 12.6. The first-order valence-electron chi connectivity index (χ1n) is 10.1. The van der Waals surface area contributed by atoms with E-state index in [2.05, 4.69) is 5.32 Å². The number of benzene rings is 1. The summed E-state index contributed by atoms with van der Waals surface area (Å²) in [4.78, 5) is 36.4. The van der Waals surface area contributed by atoms with Gasteiger partial charge in [-0.05, 0) is 81.2 Å². The molecular formula is C22H27NO6S. The lowest BCUT2D eigenvalue weighted by Gasteiger charge is -2.22. The SMILES string of the molecule is CSCCC(NC(=O)C(C)Oc1cc(C)cc2oc(=O)c3c(c12)CCCC3)C(=O)O. The zero-order chi connectivity index (χ0) is 21.8. The smallest absolute Gasteiger partial charge is 0.339 e. The number of ether oxygens (including phenoxy) is 1. The van der Waals surface area contributed by atoms with Crippen LogP contribution >= 0.6 is 11.8 Å². The number of thioether (sulfide) groups is 1. The van der Waals surface area contributed by atoms with Crippen LogP contribution < -0.4 is 15.7 Å². The second-order valence-electron chi connectivity index (χ2n) is 7.63. The Morgan fingerprint density at radius 1 is 1.27 bits per heavy atom. The van der Waals surface area contributed by atoms with E-state index in [0.717, 1.165) is 35.8 Å². The fraction of sp³-hybridized carbons (Fsp3) is 0.500. The number of carbonyl (C=O) groups excluding carboxylic acids is 1. The molecular weight excluding hydrogens is 406 g/mol. The molecule has 0 spiro atoms. The number of carboxylic acids is 1. The van der Waals surface area contributed by atoms with Gasteiger partial charge >= 0.3 is 11.6 Å². The summed E-state index contributed by atoms with van der Waals surface area (Å²) in [5.41, 5.74) is 2.60. The standard InChI is InChI=1S/C22H27NO6S/c1-12-10-17(28-13(2)20(24)23-16(21(25)26)8-9-30-3)19-14-6-4-5-7-15(14)22(27)29-18(19)11-12/h10-11,13,16H,4-9H2,1-3H3,(H,23,24)(H,25,26). The predicted octanol–water partition coefficient (Wildman–Crippen LogP) is 3.07. The van der Waals surface area contributed by atoms with Gasteiger partial charge in [-0.1, -0.05) is 0 Å². The molecule has 2 atom stereocenters. The number of aliphatic carboxylic acids is 1. The molecule has 162 valence electrons. The van der Waals surface area contributed by atoms with Gasteiger partial charge in [0.05, 0.1) is 5.39 Å². The van der Waals surface area contributed by atoms with Gasteiger partial charge in [-0.2, -0.15) is 11.8 Å². The molecule has 2 N–H and O–H groups in total. The molecule has 0 aliphatic heterocycles. The van der Waals surface area contributed by atoms with Crippen molar-refractivity contribution in [3.63, 3.8) is 0 Å². The maximum absolute atomic E-state index is 12.6. The highest BCUT2D eigenvalue weighted by atomic mass is 32.2. The summed E-state index contributed by atoms with van der Waals surface area (Å²) in [6.07, 6.45) is 4.66. The van der Waals surface area contributed by atoms with Gasteiger partial charge in [0, 0.05) is 5.56 Å². The average Bonchev–Trinajstić information content (AvgIpc) is 2.70. The molecule has 7 nitrogen and oxygen atoms in total. The Balaban J connectivity index is 1.90. The number of amides is 1. The third-order valence-corrected chi connectivity index (χ3v) is 5.97. The molecule has 0 bridgehead atoms. The van der Waals surface area contributed by atoms with E-state index >= 15 is 0 Å². The maximum Gasteiger partial charge on any atom is 0.339 e. The van der Waals surface area contributed by atoms with Crippen molar-refractivity contribution in [2.45, 2.75) is 58.1 Å². The van der Waals surface area contributed by atoms with Crippen LogP contribution in [-0.2, 0) is 22.4 Å². The number of carbonyl (C=O) groups is 2. The Morgan fingerprint density at radius 2 is 1.97 bits per heavy atom. The molecule has 1 heterocycles. The zero-order valence-corrected chi connectivity index (χ0v) is 18.3. The average molecular weight is 434 g/mol. The van der Waals surface area contributed by atoms with Crippen LogP contribution in [0.1, 0.15) is 42.9 Å². The molecule has 0 saturated carbocycles. The second kappa shape index (κ2) is 9.55. The number of fused-ring (bicyclic) bond motifs is 3. The van der Waals surface area contributed by atoms with Crippen LogP contribution in [0.2, 0.25) is 0 Å². The molecule has 0 radical (unpaired) electrons.